The summed E-state index contributed by atoms with van der Waals surface area (Å²) >= 11 is 0. The Bertz CT molecular complexity index is 558. The number of benzene rings is 1. The first kappa shape index (κ1) is 14.2. The first-order chi connectivity index (χ1) is 8.30. The number of anilines is 1. The van der Waals surface area contributed by atoms with E-state index in [0.717, 1.165) is 11.9 Å². The average molecular weight is 269 g/mol. The van der Waals surface area contributed by atoms with Gasteiger partial charge in [0.25, 0.3) is 0 Å². The van der Waals surface area contributed by atoms with Crippen molar-refractivity contribution in [2.24, 2.45) is 0 Å². The fourth-order valence-electron chi connectivity index (χ4n) is 1.23. The zero-order chi connectivity index (χ0) is 13.8. The Hall–Kier alpha value is -1.82. The molecule has 0 amide bonds. The minimum Gasteiger partial charge on any atom is -0.478 e. The van der Waals surface area contributed by atoms with Crippen molar-refractivity contribution < 1.29 is 18.3 Å². The molecule has 0 heterocycles. The Morgan fingerprint density at radius 3 is 2.33 bits per heavy atom. The van der Waals surface area contributed by atoms with Crippen LogP contribution in [-0.4, -0.2) is 32.3 Å². The quantitative estimate of drug-likeness (QED) is 0.792. The molecule has 0 bridgehead atoms. The van der Waals surface area contributed by atoms with Crippen LogP contribution in [0.25, 0.3) is 0 Å². The Balaban J connectivity index is 2.66. The van der Waals surface area contributed by atoms with E-state index in [4.69, 9.17) is 5.11 Å². The molecule has 6 heteroatoms. The second kappa shape index (κ2) is 5.68. The summed E-state index contributed by atoms with van der Waals surface area (Å²) in [7, 11) is -3.18. The number of nitrogens with one attached hydrogen (secondary N) is 1. The number of sulfone groups is 1. The molecule has 0 aliphatic rings. The summed E-state index contributed by atoms with van der Waals surface area (Å²) in [6.45, 7) is 1.88. The molecule has 1 aromatic carbocycles. The first-order valence-electron chi connectivity index (χ1n) is 5.25. The highest BCUT2D eigenvalue weighted by Crippen LogP contribution is 2.13. The summed E-state index contributed by atoms with van der Waals surface area (Å²) in [5.41, 5.74) is 0.993. The van der Waals surface area contributed by atoms with E-state index in [1.54, 1.807) is 18.2 Å². The lowest BCUT2D eigenvalue weighted by atomic mass is 10.3. The van der Waals surface area contributed by atoms with Gasteiger partial charge in [-0.25, -0.2) is 13.2 Å². The normalized spacial score (nSPS) is 12.2. The molecule has 98 valence electrons. The van der Waals surface area contributed by atoms with Crippen LogP contribution in [0.3, 0.4) is 0 Å². The van der Waals surface area contributed by atoms with E-state index in [1.165, 1.54) is 19.1 Å². The Labute approximate surface area is 106 Å². The lowest BCUT2D eigenvalue weighted by Crippen LogP contribution is -2.03. The topological polar surface area (TPSA) is 83.5 Å². The van der Waals surface area contributed by atoms with Crippen LogP contribution in [0.2, 0.25) is 0 Å². The summed E-state index contributed by atoms with van der Waals surface area (Å²) in [6, 6.07) is 6.29. The highest BCUT2D eigenvalue weighted by atomic mass is 32.2. The minimum atomic E-state index is -3.18. The molecule has 0 aliphatic carbocycles. The van der Waals surface area contributed by atoms with Crippen molar-refractivity contribution in [1.29, 1.82) is 0 Å². The van der Waals surface area contributed by atoms with E-state index in [0.29, 0.717) is 6.54 Å². The predicted molar refractivity (Wildman–Crippen MR) is 69.4 cm³/mol. The van der Waals surface area contributed by atoms with Crippen LogP contribution < -0.4 is 5.32 Å². The fraction of sp³-hybridized carbons (Fsp3) is 0.250. The zero-order valence-electron chi connectivity index (χ0n) is 10.2. The molecular formula is C12H15NO4S. The summed E-state index contributed by atoms with van der Waals surface area (Å²) in [5.74, 6) is -0.954. The smallest absolute Gasteiger partial charge is 0.331 e. The SMILES string of the molecule is C/C(=C/CNc1ccc(S(C)(=O)=O)cc1)C(=O)O. The van der Waals surface area contributed by atoms with Crippen LogP contribution in [0.5, 0.6) is 0 Å². The van der Waals surface area contributed by atoms with E-state index >= 15 is 0 Å². The molecule has 5 nitrogen and oxygen atoms in total. The van der Waals surface area contributed by atoms with Gasteiger partial charge in [0, 0.05) is 24.1 Å². The highest BCUT2D eigenvalue weighted by Gasteiger charge is 2.05. The summed E-state index contributed by atoms with van der Waals surface area (Å²) < 4.78 is 22.5. The first-order valence-corrected chi connectivity index (χ1v) is 7.14. The maximum absolute atomic E-state index is 11.2. The number of carboxylic acid groups (broad SMARTS) is 1. The molecular weight excluding hydrogens is 254 g/mol. The van der Waals surface area contributed by atoms with Gasteiger partial charge in [-0.2, -0.15) is 0 Å². The summed E-state index contributed by atoms with van der Waals surface area (Å²) in [6.07, 6.45) is 2.70. The monoisotopic (exact) mass is 269 g/mol. The lowest BCUT2D eigenvalue weighted by Gasteiger charge is -2.04. The number of hydrogen-bond donors (Lipinski definition) is 2. The van der Waals surface area contributed by atoms with Gasteiger partial charge in [0.1, 0.15) is 0 Å². The second-order valence-electron chi connectivity index (χ2n) is 3.87. The van der Waals surface area contributed by atoms with Gasteiger partial charge in [-0.3, -0.25) is 0 Å². The molecule has 0 saturated heterocycles. The van der Waals surface area contributed by atoms with Crippen molar-refractivity contribution in [2.45, 2.75) is 11.8 Å². The Morgan fingerprint density at radius 1 is 1.33 bits per heavy atom. The van der Waals surface area contributed by atoms with Gasteiger partial charge in [-0.15, -0.1) is 0 Å². The van der Waals surface area contributed by atoms with Crippen molar-refractivity contribution in [3.63, 3.8) is 0 Å². The Kier molecular flexibility index (Phi) is 4.49. The number of rotatable bonds is 5. The molecule has 0 unspecified atom stereocenters. The molecule has 0 spiro atoms. The van der Waals surface area contributed by atoms with E-state index in [9.17, 15) is 13.2 Å². The third-order valence-corrected chi connectivity index (χ3v) is 3.46. The largest absolute Gasteiger partial charge is 0.478 e. The standard InChI is InChI=1S/C12H15NO4S/c1-9(12(14)15)7-8-13-10-3-5-11(6-4-10)18(2,16)17/h3-7,13H,8H2,1-2H3,(H,14,15)/b9-7-. The number of aliphatic carboxylic acids is 1. The van der Waals surface area contributed by atoms with Crippen LogP contribution in [0, 0.1) is 0 Å². The molecule has 2 N–H and O–H groups in total. The minimum absolute atomic E-state index is 0.255. The third kappa shape index (κ3) is 4.21. The molecule has 0 atom stereocenters. The van der Waals surface area contributed by atoms with Crippen molar-refractivity contribution in [3.05, 3.63) is 35.9 Å². The van der Waals surface area contributed by atoms with Crippen molar-refractivity contribution in [3.8, 4) is 0 Å². The molecule has 0 saturated carbocycles. The fourth-order valence-corrected chi connectivity index (χ4v) is 1.86. The van der Waals surface area contributed by atoms with Gasteiger partial charge < -0.3 is 10.4 Å². The molecule has 0 aliphatic heterocycles. The highest BCUT2D eigenvalue weighted by molar-refractivity contribution is 7.90. The lowest BCUT2D eigenvalue weighted by molar-refractivity contribution is -0.132. The molecule has 18 heavy (non-hydrogen) atoms. The summed E-state index contributed by atoms with van der Waals surface area (Å²) in [4.78, 5) is 10.8. The van der Waals surface area contributed by atoms with Gasteiger partial charge in [0.05, 0.1) is 4.90 Å². The van der Waals surface area contributed by atoms with Gasteiger partial charge >= 0.3 is 5.97 Å². The Morgan fingerprint density at radius 2 is 1.89 bits per heavy atom. The van der Waals surface area contributed by atoms with Gasteiger partial charge in [0.15, 0.2) is 9.84 Å². The van der Waals surface area contributed by atoms with Gasteiger partial charge in [-0.05, 0) is 31.2 Å². The van der Waals surface area contributed by atoms with Gasteiger partial charge in [0.2, 0.25) is 0 Å². The van der Waals surface area contributed by atoms with E-state index in [2.05, 4.69) is 5.32 Å². The molecule has 1 aromatic rings. The number of carboxylic acids is 1. The number of hydrogen-bond acceptors (Lipinski definition) is 4. The van der Waals surface area contributed by atoms with Crippen molar-refractivity contribution >= 4 is 21.5 Å². The van der Waals surface area contributed by atoms with Gasteiger partial charge in [-0.1, -0.05) is 6.08 Å². The molecule has 0 radical (unpaired) electrons. The van der Waals surface area contributed by atoms with Crippen LogP contribution in [-0.2, 0) is 14.6 Å². The molecule has 1 rings (SSSR count). The van der Waals surface area contributed by atoms with E-state index in [-0.39, 0.29) is 10.5 Å². The van der Waals surface area contributed by atoms with Crippen LogP contribution >= 0.6 is 0 Å². The summed E-state index contributed by atoms with van der Waals surface area (Å²) in [5, 5.41) is 11.6. The van der Waals surface area contributed by atoms with Crippen LogP contribution in [0.4, 0.5) is 5.69 Å². The molecule has 0 aromatic heterocycles. The maximum Gasteiger partial charge on any atom is 0.331 e. The maximum atomic E-state index is 11.2. The molecule has 0 fully saturated rings. The van der Waals surface area contributed by atoms with Crippen LogP contribution in [0.1, 0.15) is 6.92 Å². The zero-order valence-corrected chi connectivity index (χ0v) is 11.0. The average Bonchev–Trinajstić information content (AvgIpc) is 2.28. The van der Waals surface area contributed by atoms with E-state index < -0.39 is 15.8 Å². The number of carbonyl (C=O) groups is 1. The van der Waals surface area contributed by atoms with Crippen molar-refractivity contribution in [2.75, 3.05) is 18.1 Å². The second-order valence-corrected chi connectivity index (χ2v) is 5.89. The van der Waals surface area contributed by atoms with Crippen molar-refractivity contribution in [1.82, 2.24) is 0 Å². The van der Waals surface area contributed by atoms with Crippen LogP contribution in [0.15, 0.2) is 40.8 Å². The third-order valence-electron chi connectivity index (χ3n) is 2.33. The van der Waals surface area contributed by atoms with E-state index in [1.807, 2.05) is 0 Å². The predicted octanol–water partition coefficient (Wildman–Crippen LogP) is 1.53.